The van der Waals surface area contributed by atoms with Crippen molar-refractivity contribution in [2.45, 2.75) is 32.2 Å². The molecule has 1 aliphatic heterocycles. The van der Waals surface area contributed by atoms with Crippen LogP contribution in [0.2, 0.25) is 5.15 Å². The molecular weight excluding hydrogens is 226 g/mol. The molecule has 88 valence electrons. The van der Waals surface area contributed by atoms with Gasteiger partial charge in [-0.1, -0.05) is 18.0 Å². The Bertz CT molecular complexity index is 353. The summed E-state index contributed by atoms with van der Waals surface area (Å²) in [5.41, 5.74) is 0.866. The van der Waals surface area contributed by atoms with Gasteiger partial charge in [-0.05, 0) is 26.3 Å². The van der Waals surface area contributed by atoms with Gasteiger partial charge in [-0.25, -0.2) is 4.98 Å². The number of aromatic nitrogens is 2. The van der Waals surface area contributed by atoms with Gasteiger partial charge in [-0.15, -0.1) is 0 Å². The molecule has 1 fully saturated rings. The van der Waals surface area contributed by atoms with E-state index in [2.05, 4.69) is 15.3 Å². The zero-order chi connectivity index (χ0) is 11.4. The zero-order valence-electron chi connectivity index (χ0n) is 9.37. The first kappa shape index (κ1) is 11.6. The van der Waals surface area contributed by atoms with Gasteiger partial charge in [-0.2, -0.15) is 4.98 Å². The topological polar surface area (TPSA) is 47.0 Å². The standard InChI is InChI=1S/C11H16ClN3O/c1-8-6-14-11(15-10(8)12)16-7-9-4-2-3-5-13-9/h6,9,13H,2-5,7H2,1H3/t9-/m0/s1. The second-order valence-corrected chi connectivity index (χ2v) is 4.44. The van der Waals surface area contributed by atoms with Crippen molar-refractivity contribution in [2.75, 3.05) is 13.2 Å². The van der Waals surface area contributed by atoms with E-state index in [4.69, 9.17) is 16.3 Å². The molecule has 1 atom stereocenters. The predicted octanol–water partition coefficient (Wildman–Crippen LogP) is 1.96. The maximum absolute atomic E-state index is 5.89. The highest BCUT2D eigenvalue weighted by Gasteiger charge is 2.13. The minimum atomic E-state index is 0.364. The second kappa shape index (κ2) is 5.46. The van der Waals surface area contributed by atoms with Crippen LogP contribution in [0.4, 0.5) is 0 Å². The summed E-state index contributed by atoms with van der Waals surface area (Å²) in [5.74, 6) is 0. The molecular formula is C11H16ClN3O. The molecule has 1 aliphatic rings. The molecule has 1 aromatic heterocycles. The minimum absolute atomic E-state index is 0.364. The number of nitrogens with one attached hydrogen (secondary N) is 1. The minimum Gasteiger partial charge on any atom is -0.462 e. The van der Waals surface area contributed by atoms with Crippen LogP contribution in [0.3, 0.4) is 0 Å². The summed E-state index contributed by atoms with van der Waals surface area (Å²) in [6.45, 7) is 3.55. The lowest BCUT2D eigenvalue weighted by Crippen LogP contribution is -2.38. The molecule has 1 saturated heterocycles. The fraction of sp³-hybridized carbons (Fsp3) is 0.636. The van der Waals surface area contributed by atoms with Crippen LogP contribution >= 0.6 is 11.6 Å². The highest BCUT2D eigenvalue weighted by atomic mass is 35.5. The zero-order valence-corrected chi connectivity index (χ0v) is 10.1. The molecule has 1 N–H and O–H groups in total. The van der Waals surface area contributed by atoms with Crippen molar-refractivity contribution in [2.24, 2.45) is 0 Å². The Kier molecular flexibility index (Phi) is 3.96. The van der Waals surface area contributed by atoms with Crippen LogP contribution < -0.4 is 10.1 Å². The number of halogens is 1. The summed E-state index contributed by atoms with van der Waals surface area (Å²) in [5, 5.41) is 3.86. The van der Waals surface area contributed by atoms with Crippen LogP contribution in [-0.4, -0.2) is 29.2 Å². The summed E-state index contributed by atoms with van der Waals surface area (Å²) in [6.07, 6.45) is 5.35. The van der Waals surface area contributed by atoms with Gasteiger partial charge in [-0.3, -0.25) is 0 Å². The van der Waals surface area contributed by atoms with Crippen LogP contribution in [0, 0.1) is 6.92 Å². The van der Waals surface area contributed by atoms with E-state index in [9.17, 15) is 0 Å². The Morgan fingerprint density at radius 3 is 3.12 bits per heavy atom. The third-order valence-corrected chi connectivity index (χ3v) is 3.10. The first-order chi connectivity index (χ1) is 7.75. The van der Waals surface area contributed by atoms with Gasteiger partial charge < -0.3 is 10.1 Å². The molecule has 4 nitrogen and oxygen atoms in total. The van der Waals surface area contributed by atoms with Gasteiger partial charge in [0.1, 0.15) is 11.8 Å². The summed E-state index contributed by atoms with van der Waals surface area (Å²) in [7, 11) is 0. The third-order valence-electron chi connectivity index (χ3n) is 2.71. The molecule has 0 bridgehead atoms. The largest absolute Gasteiger partial charge is 0.462 e. The van der Waals surface area contributed by atoms with Gasteiger partial charge in [0.2, 0.25) is 0 Å². The van der Waals surface area contributed by atoms with Crippen molar-refractivity contribution in [1.82, 2.24) is 15.3 Å². The molecule has 0 unspecified atom stereocenters. The molecule has 1 aromatic rings. The average molecular weight is 242 g/mol. The van der Waals surface area contributed by atoms with Gasteiger partial charge in [0.05, 0.1) is 0 Å². The van der Waals surface area contributed by atoms with E-state index in [1.54, 1.807) is 6.20 Å². The number of aryl methyl sites for hydroxylation is 1. The van der Waals surface area contributed by atoms with E-state index < -0.39 is 0 Å². The maximum Gasteiger partial charge on any atom is 0.317 e. The Labute approximate surface area is 100 Å². The average Bonchev–Trinajstić information content (AvgIpc) is 2.32. The van der Waals surface area contributed by atoms with E-state index in [0.717, 1.165) is 18.5 Å². The van der Waals surface area contributed by atoms with E-state index in [-0.39, 0.29) is 0 Å². The smallest absolute Gasteiger partial charge is 0.317 e. The van der Waals surface area contributed by atoms with Crippen molar-refractivity contribution < 1.29 is 4.74 Å². The van der Waals surface area contributed by atoms with Crippen LogP contribution in [0.1, 0.15) is 24.8 Å². The maximum atomic E-state index is 5.89. The Balaban J connectivity index is 1.86. The van der Waals surface area contributed by atoms with E-state index in [1.807, 2.05) is 6.92 Å². The lowest BCUT2D eigenvalue weighted by molar-refractivity contribution is 0.224. The van der Waals surface area contributed by atoms with Crippen LogP contribution in [-0.2, 0) is 0 Å². The van der Waals surface area contributed by atoms with Crippen molar-refractivity contribution in [3.05, 3.63) is 16.9 Å². The quantitative estimate of drug-likeness (QED) is 0.822. The molecule has 2 heterocycles. The van der Waals surface area contributed by atoms with Gasteiger partial charge in [0.15, 0.2) is 0 Å². The molecule has 0 aliphatic carbocycles. The fourth-order valence-corrected chi connectivity index (χ4v) is 1.84. The number of ether oxygens (including phenoxy) is 1. The van der Waals surface area contributed by atoms with Crippen LogP contribution in [0.25, 0.3) is 0 Å². The molecule has 0 radical (unpaired) electrons. The summed E-state index contributed by atoms with van der Waals surface area (Å²) in [6, 6.07) is 0.778. The van der Waals surface area contributed by atoms with Crippen molar-refractivity contribution in [3.8, 4) is 6.01 Å². The molecule has 0 spiro atoms. The lowest BCUT2D eigenvalue weighted by atomic mass is 10.1. The second-order valence-electron chi connectivity index (χ2n) is 4.08. The summed E-state index contributed by atoms with van der Waals surface area (Å²) < 4.78 is 5.51. The number of hydrogen-bond donors (Lipinski definition) is 1. The van der Waals surface area contributed by atoms with Crippen molar-refractivity contribution >= 4 is 11.6 Å². The molecule has 5 heteroatoms. The first-order valence-electron chi connectivity index (χ1n) is 5.61. The van der Waals surface area contributed by atoms with Gasteiger partial charge >= 0.3 is 6.01 Å². The Morgan fingerprint density at radius 1 is 1.56 bits per heavy atom. The van der Waals surface area contributed by atoms with Gasteiger partial charge in [0.25, 0.3) is 0 Å². The highest BCUT2D eigenvalue weighted by molar-refractivity contribution is 6.30. The number of piperidine rings is 1. The predicted molar refractivity (Wildman–Crippen MR) is 62.9 cm³/mol. The first-order valence-corrected chi connectivity index (χ1v) is 5.99. The lowest BCUT2D eigenvalue weighted by Gasteiger charge is -2.22. The molecule has 0 aromatic carbocycles. The molecule has 0 saturated carbocycles. The molecule has 16 heavy (non-hydrogen) atoms. The number of nitrogens with zero attached hydrogens (tertiary/aromatic N) is 2. The Morgan fingerprint density at radius 2 is 2.44 bits per heavy atom. The van der Waals surface area contributed by atoms with Crippen LogP contribution in [0.5, 0.6) is 6.01 Å². The summed E-state index contributed by atoms with van der Waals surface area (Å²) in [4.78, 5) is 8.14. The molecule has 2 rings (SSSR count). The fourth-order valence-electron chi connectivity index (χ4n) is 1.72. The van der Waals surface area contributed by atoms with Crippen LogP contribution in [0.15, 0.2) is 6.20 Å². The highest BCUT2D eigenvalue weighted by Crippen LogP contribution is 2.14. The number of rotatable bonds is 3. The SMILES string of the molecule is Cc1cnc(OC[C@@H]2CCCCN2)nc1Cl. The van der Waals surface area contributed by atoms with Crippen molar-refractivity contribution in [1.29, 1.82) is 0 Å². The van der Waals surface area contributed by atoms with Crippen molar-refractivity contribution in [3.63, 3.8) is 0 Å². The third kappa shape index (κ3) is 3.06. The normalized spacial score (nSPS) is 20.8. The number of hydrogen-bond acceptors (Lipinski definition) is 4. The monoisotopic (exact) mass is 241 g/mol. The van der Waals surface area contributed by atoms with E-state index in [1.165, 1.54) is 12.8 Å². The van der Waals surface area contributed by atoms with Gasteiger partial charge in [0, 0.05) is 17.8 Å². The Hall–Kier alpha value is -0.870. The summed E-state index contributed by atoms with van der Waals surface area (Å²) >= 11 is 5.89. The van der Waals surface area contributed by atoms with E-state index in [0.29, 0.717) is 23.8 Å². The molecule has 0 amide bonds. The van der Waals surface area contributed by atoms with E-state index >= 15 is 0 Å².